The summed E-state index contributed by atoms with van der Waals surface area (Å²) in [5.74, 6) is -0.469. The molecule has 2 aromatic rings. The highest BCUT2D eigenvalue weighted by atomic mass is 19.4. The van der Waals surface area contributed by atoms with Crippen LogP contribution in [0.25, 0.3) is 0 Å². The standard InChI is InChI=1S/C18H20F3N3O4/c1-12(15-4-3-9-27-15)22-16(25)10-24(2)11-17(26)23-13-5-7-14(8-6-13)28-18(19,20)21/h3-9,12H,10-11H2,1-2H3,(H,22,25)(H,23,26)/t12-/m1/s1. The van der Waals surface area contributed by atoms with E-state index in [1.54, 1.807) is 26.1 Å². The van der Waals surface area contributed by atoms with E-state index in [2.05, 4.69) is 15.4 Å². The van der Waals surface area contributed by atoms with Gasteiger partial charge in [-0.3, -0.25) is 14.5 Å². The first-order chi connectivity index (χ1) is 13.1. The van der Waals surface area contributed by atoms with Crippen LogP contribution in [-0.2, 0) is 9.59 Å². The van der Waals surface area contributed by atoms with Crippen molar-refractivity contribution >= 4 is 17.5 Å². The molecule has 0 saturated heterocycles. The van der Waals surface area contributed by atoms with Gasteiger partial charge < -0.3 is 19.8 Å². The summed E-state index contributed by atoms with van der Waals surface area (Å²) < 4.78 is 45.3. The maximum absolute atomic E-state index is 12.1. The number of hydrogen-bond donors (Lipinski definition) is 2. The van der Waals surface area contributed by atoms with E-state index in [1.165, 1.54) is 23.3 Å². The molecule has 0 aliphatic rings. The van der Waals surface area contributed by atoms with E-state index in [1.807, 2.05) is 0 Å². The Bertz CT molecular complexity index is 776. The highest BCUT2D eigenvalue weighted by Crippen LogP contribution is 2.23. The number of carbonyl (C=O) groups excluding carboxylic acids is 2. The molecule has 2 N–H and O–H groups in total. The van der Waals surface area contributed by atoms with Crippen molar-refractivity contribution in [3.05, 3.63) is 48.4 Å². The van der Waals surface area contributed by atoms with Crippen LogP contribution < -0.4 is 15.4 Å². The van der Waals surface area contributed by atoms with Gasteiger partial charge in [0.25, 0.3) is 0 Å². The number of nitrogens with zero attached hydrogens (tertiary/aromatic N) is 1. The molecule has 2 amide bonds. The first-order valence-corrected chi connectivity index (χ1v) is 8.29. The van der Waals surface area contributed by atoms with Gasteiger partial charge in [0.2, 0.25) is 11.8 Å². The fourth-order valence-electron chi connectivity index (χ4n) is 2.38. The number of amides is 2. The summed E-state index contributed by atoms with van der Waals surface area (Å²) in [6.45, 7) is 1.68. The van der Waals surface area contributed by atoms with E-state index in [-0.39, 0.29) is 30.8 Å². The summed E-state index contributed by atoms with van der Waals surface area (Å²) in [6, 6.07) is 7.92. The zero-order valence-electron chi connectivity index (χ0n) is 15.2. The third-order valence-corrected chi connectivity index (χ3v) is 3.55. The Morgan fingerprint density at radius 3 is 2.36 bits per heavy atom. The molecule has 0 aliphatic carbocycles. The molecule has 10 heteroatoms. The van der Waals surface area contributed by atoms with Gasteiger partial charge in [0, 0.05) is 5.69 Å². The Morgan fingerprint density at radius 2 is 1.79 bits per heavy atom. The summed E-state index contributed by atoms with van der Waals surface area (Å²) in [5, 5.41) is 5.28. The van der Waals surface area contributed by atoms with Gasteiger partial charge in [0.1, 0.15) is 11.5 Å². The molecule has 28 heavy (non-hydrogen) atoms. The lowest BCUT2D eigenvalue weighted by Crippen LogP contribution is -2.39. The van der Waals surface area contributed by atoms with Gasteiger partial charge in [-0.05, 0) is 50.4 Å². The van der Waals surface area contributed by atoms with Crippen LogP contribution in [0.1, 0.15) is 18.7 Å². The quantitative estimate of drug-likeness (QED) is 0.713. The number of alkyl halides is 3. The smallest absolute Gasteiger partial charge is 0.467 e. The van der Waals surface area contributed by atoms with Gasteiger partial charge in [-0.1, -0.05) is 0 Å². The summed E-state index contributed by atoms with van der Waals surface area (Å²) in [4.78, 5) is 25.5. The molecule has 1 atom stereocenters. The van der Waals surface area contributed by atoms with Crippen molar-refractivity contribution in [1.29, 1.82) is 0 Å². The Kier molecular flexibility index (Phi) is 7.05. The van der Waals surface area contributed by atoms with E-state index in [0.29, 0.717) is 11.4 Å². The topological polar surface area (TPSA) is 83.8 Å². The number of likely N-dealkylation sites (N-methyl/N-ethyl adjacent to an activating group) is 1. The van der Waals surface area contributed by atoms with Crippen LogP contribution in [0.2, 0.25) is 0 Å². The van der Waals surface area contributed by atoms with E-state index < -0.39 is 12.3 Å². The monoisotopic (exact) mass is 399 g/mol. The number of furan rings is 1. The average molecular weight is 399 g/mol. The SMILES string of the molecule is C[C@@H](NC(=O)CN(C)CC(=O)Nc1ccc(OC(F)(F)F)cc1)c1ccco1. The number of hydrogen-bond acceptors (Lipinski definition) is 5. The van der Waals surface area contributed by atoms with Crippen molar-refractivity contribution in [2.75, 3.05) is 25.5 Å². The predicted octanol–water partition coefficient (Wildman–Crippen LogP) is 2.93. The van der Waals surface area contributed by atoms with Crippen molar-refractivity contribution in [3.8, 4) is 5.75 Å². The molecule has 7 nitrogen and oxygen atoms in total. The largest absolute Gasteiger partial charge is 0.573 e. The van der Waals surface area contributed by atoms with Crippen molar-refractivity contribution in [3.63, 3.8) is 0 Å². The zero-order chi connectivity index (χ0) is 20.7. The molecule has 0 fully saturated rings. The molecule has 1 aromatic carbocycles. The van der Waals surface area contributed by atoms with Crippen LogP contribution in [0, 0.1) is 0 Å². The molecule has 152 valence electrons. The molecule has 2 rings (SSSR count). The molecule has 1 heterocycles. The second-order valence-corrected chi connectivity index (χ2v) is 6.10. The summed E-state index contributed by atoms with van der Waals surface area (Å²) in [6.07, 6.45) is -3.27. The second kappa shape index (κ2) is 9.27. The third kappa shape index (κ3) is 7.31. The number of carbonyl (C=O) groups is 2. The lowest BCUT2D eigenvalue weighted by molar-refractivity contribution is -0.274. The minimum absolute atomic E-state index is 0.0170. The van der Waals surface area contributed by atoms with Gasteiger partial charge in [-0.25, -0.2) is 0 Å². The van der Waals surface area contributed by atoms with E-state index in [9.17, 15) is 22.8 Å². The number of halogens is 3. The number of ether oxygens (including phenoxy) is 1. The Labute approximate surface area is 159 Å². The first-order valence-electron chi connectivity index (χ1n) is 8.29. The molecule has 0 spiro atoms. The van der Waals surface area contributed by atoms with Crippen molar-refractivity contribution in [2.45, 2.75) is 19.3 Å². The van der Waals surface area contributed by atoms with Crippen molar-refractivity contribution < 1.29 is 31.9 Å². The van der Waals surface area contributed by atoms with Crippen LogP contribution in [0.5, 0.6) is 5.75 Å². The molecule has 0 unspecified atom stereocenters. The number of nitrogens with one attached hydrogen (secondary N) is 2. The van der Waals surface area contributed by atoms with Crippen LogP contribution in [0.4, 0.5) is 18.9 Å². The number of benzene rings is 1. The minimum atomic E-state index is -4.78. The highest BCUT2D eigenvalue weighted by molar-refractivity contribution is 5.92. The van der Waals surface area contributed by atoms with E-state index >= 15 is 0 Å². The molecule has 0 radical (unpaired) electrons. The number of rotatable bonds is 8. The highest BCUT2D eigenvalue weighted by Gasteiger charge is 2.31. The predicted molar refractivity (Wildman–Crippen MR) is 94.5 cm³/mol. The maximum atomic E-state index is 12.1. The molecule has 0 aliphatic heterocycles. The molecule has 0 bridgehead atoms. The fourth-order valence-corrected chi connectivity index (χ4v) is 2.38. The van der Waals surface area contributed by atoms with Gasteiger partial charge in [-0.15, -0.1) is 13.2 Å². The van der Waals surface area contributed by atoms with Gasteiger partial charge in [0.15, 0.2) is 0 Å². The van der Waals surface area contributed by atoms with E-state index in [4.69, 9.17) is 4.42 Å². The zero-order valence-corrected chi connectivity index (χ0v) is 15.2. The van der Waals surface area contributed by atoms with Crippen LogP contribution >= 0.6 is 0 Å². The Hall–Kier alpha value is -3.01. The van der Waals surface area contributed by atoms with Crippen LogP contribution in [0.3, 0.4) is 0 Å². The summed E-state index contributed by atoms with van der Waals surface area (Å²) in [5.41, 5.74) is 0.309. The lowest BCUT2D eigenvalue weighted by Gasteiger charge is -2.18. The molecule has 1 aromatic heterocycles. The second-order valence-electron chi connectivity index (χ2n) is 6.10. The van der Waals surface area contributed by atoms with Gasteiger partial charge in [0.05, 0.1) is 25.4 Å². The fraction of sp³-hybridized carbons (Fsp3) is 0.333. The minimum Gasteiger partial charge on any atom is -0.467 e. The maximum Gasteiger partial charge on any atom is 0.573 e. The summed E-state index contributed by atoms with van der Waals surface area (Å²) >= 11 is 0. The molecular weight excluding hydrogens is 379 g/mol. The summed E-state index contributed by atoms with van der Waals surface area (Å²) in [7, 11) is 1.59. The van der Waals surface area contributed by atoms with Crippen molar-refractivity contribution in [1.82, 2.24) is 10.2 Å². The first kappa shape index (κ1) is 21.3. The van der Waals surface area contributed by atoms with Gasteiger partial charge in [-0.2, -0.15) is 0 Å². The van der Waals surface area contributed by atoms with Crippen LogP contribution in [0.15, 0.2) is 47.1 Å². The van der Waals surface area contributed by atoms with Gasteiger partial charge >= 0.3 is 6.36 Å². The molecule has 0 saturated carbocycles. The Morgan fingerprint density at radius 1 is 1.14 bits per heavy atom. The van der Waals surface area contributed by atoms with Crippen molar-refractivity contribution in [2.24, 2.45) is 0 Å². The number of anilines is 1. The van der Waals surface area contributed by atoms with Crippen LogP contribution in [-0.4, -0.2) is 43.2 Å². The Balaban J connectivity index is 1.76. The average Bonchev–Trinajstić information content (AvgIpc) is 3.09. The lowest BCUT2D eigenvalue weighted by atomic mass is 10.2. The molecular formula is C18H20F3N3O4. The third-order valence-electron chi connectivity index (χ3n) is 3.55. The van der Waals surface area contributed by atoms with E-state index in [0.717, 1.165) is 12.1 Å². The normalized spacial score (nSPS) is 12.5.